The van der Waals surface area contributed by atoms with Gasteiger partial charge in [0.25, 0.3) is 0 Å². The van der Waals surface area contributed by atoms with Gasteiger partial charge in [0.1, 0.15) is 0 Å². The van der Waals surface area contributed by atoms with Gasteiger partial charge >= 0.3 is 5.97 Å². The maximum absolute atomic E-state index is 12.3. The summed E-state index contributed by atoms with van der Waals surface area (Å²) in [5.41, 5.74) is 0. The third-order valence-corrected chi connectivity index (χ3v) is 3.55. The standard InChI is InChI=1S/C15H29NO6/c1-11(2)9-12(14(18)19)10-13(17)16(4)15(3,21-6)22-8-7-20-5/h11-12H,7-10H2,1-6H3,(H,18,19)/t12-,15?/m1/s1. The lowest BCUT2D eigenvalue weighted by atomic mass is 9.94. The third-order valence-electron chi connectivity index (χ3n) is 3.55. The zero-order valence-corrected chi connectivity index (χ0v) is 14.4. The van der Waals surface area contributed by atoms with E-state index in [2.05, 4.69) is 0 Å². The molecule has 22 heavy (non-hydrogen) atoms. The molecule has 130 valence electrons. The second-order valence-corrected chi connectivity index (χ2v) is 5.76. The lowest BCUT2D eigenvalue weighted by Gasteiger charge is -2.37. The number of nitrogens with zero attached hydrogens (tertiary/aromatic N) is 1. The molecule has 2 atom stereocenters. The van der Waals surface area contributed by atoms with Gasteiger partial charge in [0.2, 0.25) is 11.8 Å². The Morgan fingerprint density at radius 1 is 1.23 bits per heavy atom. The van der Waals surface area contributed by atoms with Crippen LogP contribution in [0.2, 0.25) is 0 Å². The quantitative estimate of drug-likeness (QED) is 0.459. The molecule has 7 heteroatoms. The fourth-order valence-electron chi connectivity index (χ4n) is 2.02. The van der Waals surface area contributed by atoms with Gasteiger partial charge in [-0.15, -0.1) is 0 Å². The summed E-state index contributed by atoms with van der Waals surface area (Å²) in [4.78, 5) is 24.9. The van der Waals surface area contributed by atoms with Crippen molar-refractivity contribution in [3.8, 4) is 0 Å². The van der Waals surface area contributed by atoms with Crippen molar-refractivity contribution in [1.29, 1.82) is 0 Å². The minimum Gasteiger partial charge on any atom is -0.481 e. The highest BCUT2D eigenvalue weighted by Gasteiger charge is 2.35. The first-order chi connectivity index (χ1) is 10.2. The molecule has 0 bridgehead atoms. The molecule has 0 aromatic heterocycles. The van der Waals surface area contributed by atoms with Crippen molar-refractivity contribution in [1.82, 2.24) is 4.90 Å². The molecule has 1 N–H and O–H groups in total. The summed E-state index contributed by atoms with van der Waals surface area (Å²) in [5.74, 6) is -3.07. The number of rotatable bonds is 11. The molecule has 0 aliphatic rings. The molecule has 0 radical (unpaired) electrons. The predicted molar refractivity (Wildman–Crippen MR) is 81.2 cm³/mol. The number of aliphatic carboxylic acids is 1. The van der Waals surface area contributed by atoms with Gasteiger partial charge in [0.05, 0.1) is 19.1 Å². The molecule has 0 rings (SSSR count). The molecule has 0 aromatic rings. The molecule has 1 amide bonds. The zero-order chi connectivity index (χ0) is 17.3. The van der Waals surface area contributed by atoms with Gasteiger partial charge in [-0.1, -0.05) is 13.8 Å². The van der Waals surface area contributed by atoms with Gasteiger partial charge in [0, 0.05) is 34.6 Å². The van der Waals surface area contributed by atoms with Gasteiger partial charge in [0.15, 0.2) is 0 Å². The molecule has 0 heterocycles. The van der Waals surface area contributed by atoms with Crippen molar-refractivity contribution in [2.45, 2.75) is 39.5 Å². The van der Waals surface area contributed by atoms with Crippen LogP contribution in [0.15, 0.2) is 0 Å². The molecule has 0 aromatic carbocycles. The van der Waals surface area contributed by atoms with Crippen LogP contribution in [-0.4, -0.2) is 62.3 Å². The summed E-state index contributed by atoms with van der Waals surface area (Å²) in [5, 5.41) is 9.24. The van der Waals surface area contributed by atoms with Crippen LogP contribution in [0, 0.1) is 11.8 Å². The smallest absolute Gasteiger partial charge is 0.307 e. The molecule has 1 unspecified atom stereocenters. The van der Waals surface area contributed by atoms with Crippen molar-refractivity contribution < 1.29 is 28.9 Å². The Balaban J connectivity index is 4.81. The fraction of sp³-hybridized carbons (Fsp3) is 0.867. The van der Waals surface area contributed by atoms with E-state index >= 15 is 0 Å². The lowest BCUT2D eigenvalue weighted by Crippen LogP contribution is -2.51. The molecule has 0 spiro atoms. The summed E-state index contributed by atoms with van der Waals surface area (Å²) in [6, 6.07) is 0. The molecule has 0 aliphatic carbocycles. The number of methoxy groups -OCH3 is 2. The Kier molecular flexibility index (Phi) is 9.24. The van der Waals surface area contributed by atoms with E-state index in [0.29, 0.717) is 13.0 Å². The highest BCUT2D eigenvalue weighted by molar-refractivity contribution is 5.82. The Hall–Kier alpha value is -1.18. The number of carboxylic acid groups (broad SMARTS) is 1. The van der Waals surface area contributed by atoms with Gasteiger partial charge in [-0.05, 0) is 12.3 Å². The second kappa shape index (κ2) is 9.76. The number of hydrogen-bond donors (Lipinski definition) is 1. The number of ether oxygens (including phenoxy) is 3. The van der Waals surface area contributed by atoms with Crippen molar-refractivity contribution in [2.24, 2.45) is 11.8 Å². The maximum Gasteiger partial charge on any atom is 0.307 e. The number of amides is 1. The normalized spacial score (nSPS) is 15.4. The molecular formula is C15H29NO6. The largest absolute Gasteiger partial charge is 0.481 e. The number of hydrogen-bond acceptors (Lipinski definition) is 5. The number of carboxylic acids is 1. The molecule has 7 nitrogen and oxygen atoms in total. The van der Waals surface area contributed by atoms with E-state index in [-0.39, 0.29) is 24.9 Å². The third kappa shape index (κ3) is 6.72. The summed E-state index contributed by atoms with van der Waals surface area (Å²) < 4.78 is 15.7. The summed E-state index contributed by atoms with van der Waals surface area (Å²) in [6.45, 7) is 6.09. The van der Waals surface area contributed by atoms with Gasteiger partial charge in [-0.25, -0.2) is 0 Å². The summed E-state index contributed by atoms with van der Waals surface area (Å²) in [7, 11) is 4.51. The second-order valence-electron chi connectivity index (χ2n) is 5.76. The first-order valence-electron chi connectivity index (χ1n) is 7.35. The van der Waals surface area contributed by atoms with Crippen molar-refractivity contribution in [3.05, 3.63) is 0 Å². The first-order valence-corrected chi connectivity index (χ1v) is 7.35. The minimum atomic E-state index is -1.25. The molecular weight excluding hydrogens is 290 g/mol. The molecule has 0 saturated heterocycles. The van der Waals surface area contributed by atoms with E-state index in [1.165, 1.54) is 19.1 Å². The van der Waals surface area contributed by atoms with Crippen LogP contribution >= 0.6 is 0 Å². The van der Waals surface area contributed by atoms with Crippen LogP contribution < -0.4 is 0 Å². The minimum absolute atomic E-state index is 0.0867. The van der Waals surface area contributed by atoms with Crippen LogP contribution in [0.3, 0.4) is 0 Å². The Morgan fingerprint density at radius 3 is 2.23 bits per heavy atom. The monoisotopic (exact) mass is 319 g/mol. The van der Waals surface area contributed by atoms with E-state index in [0.717, 1.165) is 0 Å². The fourth-order valence-corrected chi connectivity index (χ4v) is 2.02. The van der Waals surface area contributed by atoms with E-state index in [9.17, 15) is 14.7 Å². The van der Waals surface area contributed by atoms with E-state index in [4.69, 9.17) is 14.2 Å². The van der Waals surface area contributed by atoms with Crippen LogP contribution in [-0.2, 0) is 23.8 Å². The maximum atomic E-state index is 12.3. The number of carbonyl (C=O) groups is 2. The lowest BCUT2D eigenvalue weighted by molar-refractivity contribution is -0.285. The van der Waals surface area contributed by atoms with E-state index in [1.807, 2.05) is 13.8 Å². The van der Waals surface area contributed by atoms with Gasteiger partial charge in [-0.3, -0.25) is 14.5 Å². The highest BCUT2D eigenvalue weighted by atomic mass is 16.7. The first kappa shape index (κ1) is 20.8. The van der Waals surface area contributed by atoms with Gasteiger partial charge < -0.3 is 19.3 Å². The van der Waals surface area contributed by atoms with E-state index < -0.39 is 17.8 Å². The predicted octanol–water partition coefficient (Wildman–Crippen LogP) is 1.56. The highest BCUT2D eigenvalue weighted by Crippen LogP contribution is 2.21. The Labute approximate surface area is 132 Å². The summed E-state index contributed by atoms with van der Waals surface area (Å²) >= 11 is 0. The average Bonchev–Trinajstić information content (AvgIpc) is 2.45. The van der Waals surface area contributed by atoms with Crippen LogP contribution in [0.1, 0.15) is 33.6 Å². The average molecular weight is 319 g/mol. The topological polar surface area (TPSA) is 85.3 Å². The SMILES string of the molecule is COCCOC(C)(OC)N(C)C(=O)C[C@@H](CC(C)C)C(=O)O. The van der Waals surface area contributed by atoms with Crippen LogP contribution in [0.5, 0.6) is 0 Å². The molecule has 0 aliphatic heterocycles. The van der Waals surface area contributed by atoms with E-state index in [1.54, 1.807) is 14.0 Å². The Bertz CT molecular complexity index is 360. The van der Waals surface area contributed by atoms with Crippen LogP contribution in [0.25, 0.3) is 0 Å². The molecule has 0 fully saturated rings. The zero-order valence-electron chi connectivity index (χ0n) is 14.4. The van der Waals surface area contributed by atoms with Crippen molar-refractivity contribution in [2.75, 3.05) is 34.5 Å². The number of carbonyl (C=O) groups excluding carboxylic acids is 1. The summed E-state index contributed by atoms with van der Waals surface area (Å²) in [6.07, 6.45) is 0.361. The Morgan fingerprint density at radius 2 is 1.82 bits per heavy atom. The molecule has 0 saturated carbocycles. The van der Waals surface area contributed by atoms with Crippen molar-refractivity contribution >= 4 is 11.9 Å². The van der Waals surface area contributed by atoms with Crippen LogP contribution in [0.4, 0.5) is 0 Å². The van der Waals surface area contributed by atoms with Gasteiger partial charge in [-0.2, -0.15) is 0 Å². The van der Waals surface area contributed by atoms with Crippen molar-refractivity contribution in [3.63, 3.8) is 0 Å².